The molecule has 0 aromatic heterocycles. The topological polar surface area (TPSA) is 45.0 Å². The van der Waals surface area contributed by atoms with Gasteiger partial charge in [-0.05, 0) is 35.9 Å². The van der Waals surface area contributed by atoms with Crippen LogP contribution in [0.2, 0.25) is 0 Å². The van der Waals surface area contributed by atoms with Gasteiger partial charge >= 0.3 is 0 Å². The molecule has 2 rings (SSSR count). The molecule has 1 N–H and O–H groups in total. The zero-order chi connectivity index (χ0) is 14.4. The molecule has 0 radical (unpaired) electrons. The molecule has 2 aromatic carbocycles. The van der Waals surface area contributed by atoms with Crippen molar-refractivity contribution in [2.24, 2.45) is 0 Å². The molecule has 0 saturated carbocycles. The molecule has 102 valence electrons. The van der Waals surface area contributed by atoms with Gasteiger partial charge in [0.25, 0.3) is 0 Å². The second-order valence-electron chi connectivity index (χ2n) is 4.07. The fourth-order valence-corrected chi connectivity index (χ4v) is 1.98. The Bertz CT molecular complexity index is 623. The van der Waals surface area contributed by atoms with Crippen molar-refractivity contribution >= 4 is 21.6 Å². The van der Waals surface area contributed by atoms with Crippen LogP contribution >= 0.6 is 15.9 Å². The third-order valence-electron chi connectivity index (χ3n) is 2.64. The van der Waals surface area contributed by atoms with Crippen molar-refractivity contribution in [1.82, 2.24) is 0 Å². The molecule has 0 amide bonds. The summed E-state index contributed by atoms with van der Waals surface area (Å²) in [4.78, 5) is 0. The lowest BCUT2D eigenvalue weighted by Crippen LogP contribution is -2.01. The van der Waals surface area contributed by atoms with Crippen LogP contribution in [-0.4, -0.2) is 6.61 Å². The Morgan fingerprint density at radius 2 is 1.95 bits per heavy atom. The molecule has 5 heteroatoms. The van der Waals surface area contributed by atoms with E-state index in [1.807, 2.05) is 18.2 Å². The van der Waals surface area contributed by atoms with E-state index in [1.165, 1.54) is 6.07 Å². The second-order valence-corrected chi connectivity index (χ2v) is 4.98. The summed E-state index contributed by atoms with van der Waals surface area (Å²) in [6.45, 7) is 0.540. The molecule has 0 bridgehead atoms. The molecule has 0 fully saturated rings. The Kier molecular flexibility index (Phi) is 4.97. The van der Waals surface area contributed by atoms with Crippen LogP contribution in [0.25, 0.3) is 0 Å². The normalized spacial score (nSPS) is 9.85. The lowest BCUT2D eigenvalue weighted by Gasteiger charge is -2.08. The molecule has 0 saturated heterocycles. The van der Waals surface area contributed by atoms with E-state index >= 15 is 0 Å². The van der Waals surface area contributed by atoms with Crippen LogP contribution in [0.3, 0.4) is 0 Å². The quantitative estimate of drug-likeness (QED) is 0.895. The molecule has 0 heterocycles. The minimum atomic E-state index is -0.298. The smallest absolute Gasteiger partial charge is 0.174 e. The highest BCUT2D eigenvalue weighted by Gasteiger charge is 2.02. The van der Waals surface area contributed by atoms with E-state index in [1.54, 1.807) is 24.3 Å². The number of nitrogens with one attached hydrogen (secondary N) is 1. The molecule has 3 nitrogen and oxygen atoms in total. The van der Waals surface area contributed by atoms with Crippen LogP contribution in [0.5, 0.6) is 5.75 Å². The van der Waals surface area contributed by atoms with Gasteiger partial charge in [-0.1, -0.05) is 28.1 Å². The number of rotatable bonds is 5. The van der Waals surface area contributed by atoms with Gasteiger partial charge < -0.3 is 10.1 Å². The van der Waals surface area contributed by atoms with E-state index in [0.29, 0.717) is 22.5 Å². The van der Waals surface area contributed by atoms with E-state index in [4.69, 9.17) is 10.00 Å². The van der Waals surface area contributed by atoms with Crippen molar-refractivity contribution in [2.45, 2.75) is 6.54 Å². The van der Waals surface area contributed by atoms with E-state index in [-0.39, 0.29) is 12.4 Å². The Labute approximate surface area is 125 Å². The van der Waals surface area contributed by atoms with Gasteiger partial charge in [-0.25, -0.2) is 4.39 Å². The van der Waals surface area contributed by atoms with Gasteiger partial charge in [0, 0.05) is 11.0 Å². The monoisotopic (exact) mass is 334 g/mol. The first kappa shape index (κ1) is 14.4. The first-order valence-electron chi connectivity index (χ1n) is 5.96. The summed E-state index contributed by atoms with van der Waals surface area (Å²) in [5.74, 6) is 0.346. The fraction of sp³-hybridized carbons (Fsp3) is 0.133. The van der Waals surface area contributed by atoms with E-state index in [9.17, 15) is 4.39 Å². The molecule has 0 aliphatic heterocycles. The maximum atomic E-state index is 13.6. The maximum Gasteiger partial charge on any atom is 0.174 e. The highest BCUT2D eigenvalue weighted by Crippen LogP contribution is 2.20. The van der Waals surface area contributed by atoms with E-state index < -0.39 is 0 Å². The van der Waals surface area contributed by atoms with Crippen molar-refractivity contribution in [2.75, 3.05) is 11.9 Å². The summed E-state index contributed by atoms with van der Waals surface area (Å²) in [5.41, 5.74) is 1.45. The average Bonchev–Trinajstić information content (AvgIpc) is 2.45. The Morgan fingerprint density at radius 1 is 1.20 bits per heavy atom. The zero-order valence-corrected chi connectivity index (χ0v) is 12.2. The summed E-state index contributed by atoms with van der Waals surface area (Å²) >= 11 is 3.22. The predicted octanol–water partition coefficient (Wildman–Crippen LogP) is 4.10. The predicted molar refractivity (Wildman–Crippen MR) is 79.0 cm³/mol. The number of nitriles is 1. The van der Waals surface area contributed by atoms with Gasteiger partial charge in [0.1, 0.15) is 17.6 Å². The van der Waals surface area contributed by atoms with Crippen molar-refractivity contribution < 1.29 is 9.13 Å². The van der Waals surface area contributed by atoms with Crippen molar-refractivity contribution in [3.63, 3.8) is 0 Å². The average molecular weight is 335 g/mol. The fourth-order valence-electron chi connectivity index (χ4n) is 1.65. The molecular weight excluding hydrogens is 323 g/mol. The summed E-state index contributed by atoms with van der Waals surface area (Å²) < 4.78 is 19.5. The summed E-state index contributed by atoms with van der Waals surface area (Å²) in [6.07, 6.45) is 0. The summed E-state index contributed by atoms with van der Waals surface area (Å²) in [6, 6.07) is 14.1. The van der Waals surface area contributed by atoms with Gasteiger partial charge in [0.05, 0.1) is 5.69 Å². The lowest BCUT2D eigenvalue weighted by molar-refractivity contribution is 0.368. The minimum Gasteiger partial charge on any atom is -0.479 e. The highest BCUT2D eigenvalue weighted by molar-refractivity contribution is 9.10. The number of nitrogens with zero attached hydrogens (tertiary/aromatic N) is 1. The SMILES string of the molecule is N#CCOc1ccc(CNc2ccc(Br)cc2F)cc1. The van der Waals surface area contributed by atoms with Crippen molar-refractivity contribution in [3.8, 4) is 11.8 Å². The van der Waals surface area contributed by atoms with Crippen LogP contribution in [-0.2, 0) is 6.54 Å². The Balaban J connectivity index is 1.95. The van der Waals surface area contributed by atoms with Gasteiger partial charge in [0.15, 0.2) is 6.61 Å². The molecular formula is C15H12BrFN2O. The van der Waals surface area contributed by atoms with Crippen LogP contribution in [0.4, 0.5) is 10.1 Å². The molecule has 0 aliphatic rings. The third-order valence-corrected chi connectivity index (χ3v) is 3.13. The number of hydrogen-bond donors (Lipinski definition) is 1. The molecule has 0 spiro atoms. The largest absolute Gasteiger partial charge is 0.479 e. The summed E-state index contributed by atoms with van der Waals surface area (Å²) in [7, 11) is 0. The molecule has 0 aliphatic carbocycles. The van der Waals surface area contributed by atoms with Crippen LogP contribution in [0.1, 0.15) is 5.56 Å². The molecule has 0 atom stereocenters. The zero-order valence-electron chi connectivity index (χ0n) is 10.6. The molecule has 20 heavy (non-hydrogen) atoms. The van der Waals surface area contributed by atoms with Gasteiger partial charge in [-0.3, -0.25) is 0 Å². The van der Waals surface area contributed by atoms with Gasteiger partial charge in [0.2, 0.25) is 0 Å². The van der Waals surface area contributed by atoms with E-state index in [0.717, 1.165) is 5.56 Å². The Morgan fingerprint density at radius 3 is 2.60 bits per heavy atom. The number of ether oxygens (including phenoxy) is 1. The van der Waals surface area contributed by atoms with E-state index in [2.05, 4.69) is 21.2 Å². The second kappa shape index (κ2) is 6.92. The molecule has 0 unspecified atom stereocenters. The third kappa shape index (κ3) is 3.97. The van der Waals surface area contributed by atoms with Gasteiger partial charge in [-0.2, -0.15) is 5.26 Å². The van der Waals surface area contributed by atoms with Crippen LogP contribution in [0.15, 0.2) is 46.9 Å². The van der Waals surface area contributed by atoms with Crippen molar-refractivity contribution in [3.05, 3.63) is 58.3 Å². The first-order valence-corrected chi connectivity index (χ1v) is 6.76. The minimum absolute atomic E-state index is 0.0295. The number of anilines is 1. The molecule has 2 aromatic rings. The Hall–Kier alpha value is -2.06. The van der Waals surface area contributed by atoms with Crippen molar-refractivity contribution in [1.29, 1.82) is 5.26 Å². The standard InChI is InChI=1S/C15H12BrFN2O/c16-12-3-6-15(14(17)9-12)19-10-11-1-4-13(5-2-11)20-8-7-18/h1-6,9,19H,8,10H2. The van der Waals surface area contributed by atoms with Gasteiger partial charge in [-0.15, -0.1) is 0 Å². The number of benzene rings is 2. The summed E-state index contributed by atoms with van der Waals surface area (Å²) in [5, 5.41) is 11.4. The number of hydrogen-bond acceptors (Lipinski definition) is 3. The lowest BCUT2D eigenvalue weighted by atomic mass is 10.2. The maximum absolute atomic E-state index is 13.6. The van der Waals surface area contributed by atoms with Crippen LogP contribution in [0, 0.1) is 17.1 Å². The first-order chi connectivity index (χ1) is 9.69. The van der Waals surface area contributed by atoms with Crippen LogP contribution < -0.4 is 10.1 Å². The highest BCUT2D eigenvalue weighted by atomic mass is 79.9. The number of halogens is 2.